The maximum absolute atomic E-state index is 12.4. The summed E-state index contributed by atoms with van der Waals surface area (Å²) in [4.78, 5) is 16.8. The van der Waals surface area contributed by atoms with Crippen molar-refractivity contribution in [1.82, 2.24) is 9.55 Å². The molecule has 3 rings (SSSR count). The van der Waals surface area contributed by atoms with E-state index < -0.39 is 5.97 Å². The predicted molar refractivity (Wildman–Crippen MR) is 96.1 cm³/mol. The smallest absolute Gasteiger partial charge is 0.357 e. The molecular weight excluding hydrogens is 364 g/mol. The number of carbonyl (C=O) groups excluding carboxylic acids is 1. The molecule has 0 saturated carbocycles. The van der Waals surface area contributed by atoms with E-state index in [0.717, 1.165) is 24.2 Å². The Morgan fingerprint density at radius 2 is 2.08 bits per heavy atom. The van der Waals surface area contributed by atoms with Gasteiger partial charge in [-0.15, -0.1) is 12.6 Å². The first kappa shape index (κ1) is 17.9. The van der Waals surface area contributed by atoms with Crippen molar-refractivity contribution in [3.63, 3.8) is 0 Å². The number of hydrogen-bond acceptors (Lipinski definition) is 6. The molecule has 0 radical (unpaired) electrons. The van der Waals surface area contributed by atoms with E-state index in [4.69, 9.17) is 25.8 Å². The van der Waals surface area contributed by atoms with E-state index in [0.29, 0.717) is 33.8 Å². The van der Waals surface area contributed by atoms with Crippen molar-refractivity contribution >= 4 is 30.2 Å². The first-order valence-electron chi connectivity index (χ1n) is 8.08. The summed E-state index contributed by atoms with van der Waals surface area (Å²) in [5, 5.41) is 0.898. The summed E-state index contributed by atoms with van der Waals surface area (Å²) in [5.41, 5.74) is 1.14. The van der Waals surface area contributed by atoms with Crippen LogP contribution in [0.4, 0.5) is 0 Å². The third-order valence-electron chi connectivity index (χ3n) is 3.84. The van der Waals surface area contributed by atoms with E-state index in [2.05, 4.69) is 24.5 Å². The molecule has 0 aliphatic carbocycles. The molecule has 1 aromatic carbocycles. The fourth-order valence-corrected chi connectivity index (χ4v) is 3.26. The second-order valence-electron chi connectivity index (χ2n) is 5.55. The van der Waals surface area contributed by atoms with Crippen molar-refractivity contribution in [2.75, 3.05) is 13.4 Å². The number of ether oxygens (including phenoxy) is 3. The van der Waals surface area contributed by atoms with Gasteiger partial charge in [-0.3, -0.25) is 0 Å². The Balaban J connectivity index is 2.02. The molecule has 134 valence electrons. The number of rotatable bonds is 6. The molecule has 0 saturated heterocycles. The summed E-state index contributed by atoms with van der Waals surface area (Å²) >= 11 is 10.7. The Hall–Kier alpha value is -1.86. The van der Waals surface area contributed by atoms with Gasteiger partial charge < -0.3 is 18.8 Å². The van der Waals surface area contributed by atoms with Gasteiger partial charge in [0.1, 0.15) is 10.9 Å². The first-order valence-corrected chi connectivity index (χ1v) is 8.91. The molecule has 1 aliphatic heterocycles. The van der Waals surface area contributed by atoms with Gasteiger partial charge in [0.25, 0.3) is 0 Å². The molecule has 2 aromatic rings. The summed E-state index contributed by atoms with van der Waals surface area (Å²) in [6, 6.07) is 3.55. The Kier molecular flexibility index (Phi) is 5.44. The van der Waals surface area contributed by atoms with Crippen LogP contribution in [0.2, 0.25) is 5.02 Å². The van der Waals surface area contributed by atoms with Crippen LogP contribution >= 0.6 is 24.2 Å². The molecule has 1 aliphatic rings. The van der Waals surface area contributed by atoms with Crippen LogP contribution < -0.4 is 9.47 Å². The highest BCUT2D eigenvalue weighted by atomic mass is 35.5. The van der Waals surface area contributed by atoms with Crippen molar-refractivity contribution in [3.8, 4) is 11.5 Å². The molecule has 25 heavy (non-hydrogen) atoms. The zero-order valence-electron chi connectivity index (χ0n) is 14.0. The summed E-state index contributed by atoms with van der Waals surface area (Å²) < 4.78 is 17.7. The van der Waals surface area contributed by atoms with Crippen molar-refractivity contribution in [3.05, 3.63) is 34.2 Å². The van der Waals surface area contributed by atoms with Gasteiger partial charge in [0.15, 0.2) is 17.2 Å². The van der Waals surface area contributed by atoms with Crippen molar-refractivity contribution in [1.29, 1.82) is 0 Å². The average molecular weight is 383 g/mol. The molecule has 0 bridgehead atoms. The summed E-state index contributed by atoms with van der Waals surface area (Å²) in [5.74, 6) is 1.58. The summed E-state index contributed by atoms with van der Waals surface area (Å²) in [6.45, 7) is 4.64. The Morgan fingerprint density at radius 3 is 2.76 bits per heavy atom. The van der Waals surface area contributed by atoms with Crippen LogP contribution in [-0.4, -0.2) is 28.9 Å². The second-order valence-corrected chi connectivity index (χ2v) is 6.38. The van der Waals surface area contributed by atoms with Gasteiger partial charge in [-0.2, -0.15) is 0 Å². The number of halogens is 1. The van der Waals surface area contributed by atoms with Gasteiger partial charge >= 0.3 is 5.97 Å². The van der Waals surface area contributed by atoms with Gasteiger partial charge in [-0.25, -0.2) is 9.78 Å². The molecule has 8 heteroatoms. The molecule has 0 amide bonds. The summed E-state index contributed by atoms with van der Waals surface area (Å²) in [7, 11) is 0. The monoisotopic (exact) mass is 382 g/mol. The number of benzene rings is 1. The van der Waals surface area contributed by atoms with Gasteiger partial charge in [-0.05, 0) is 25.0 Å². The lowest BCUT2D eigenvalue weighted by atomic mass is 10.2. The number of hydrogen-bond donors (Lipinski definition) is 1. The van der Waals surface area contributed by atoms with E-state index >= 15 is 0 Å². The molecular formula is C17H19ClN2O4S. The summed E-state index contributed by atoms with van der Waals surface area (Å²) in [6.07, 6.45) is 1.61. The highest BCUT2D eigenvalue weighted by molar-refractivity contribution is 7.80. The minimum Gasteiger partial charge on any atom is -0.461 e. The molecule has 0 N–H and O–H groups in total. The van der Waals surface area contributed by atoms with Crippen LogP contribution in [-0.2, 0) is 17.7 Å². The second kappa shape index (κ2) is 7.58. The zero-order chi connectivity index (χ0) is 18.0. The van der Waals surface area contributed by atoms with Gasteiger partial charge in [0, 0.05) is 17.5 Å². The Morgan fingerprint density at radius 1 is 1.36 bits per heavy atom. The van der Waals surface area contributed by atoms with Crippen LogP contribution in [0.3, 0.4) is 0 Å². The van der Waals surface area contributed by atoms with E-state index in [-0.39, 0.29) is 13.4 Å². The van der Waals surface area contributed by atoms with Crippen LogP contribution in [0.1, 0.15) is 42.1 Å². The van der Waals surface area contributed by atoms with Crippen LogP contribution in [0.25, 0.3) is 0 Å². The SMILES string of the molecule is CCCc1nc(S)c(C(=O)OCC)n1Cc1cc2c(cc1Cl)OCO2. The Bertz CT molecular complexity index is 806. The zero-order valence-corrected chi connectivity index (χ0v) is 15.7. The predicted octanol–water partition coefficient (Wildman–Crippen LogP) is 3.73. The van der Waals surface area contributed by atoms with E-state index in [9.17, 15) is 4.79 Å². The van der Waals surface area contributed by atoms with E-state index in [1.54, 1.807) is 13.0 Å². The lowest BCUT2D eigenvalue weighted by molar-refractivity contribution is 0.0509. The first-order chi connectivity index (χ1) is 12.0. The number of thiol groups is 1. The highest BCUT2D eigenvalue weighted by Gasteiger charge is 2.24. The fraction of sp³-hybridized carbons (Fsp3) is 0.412. The lowest BCUT2D eigenvalue weighted by Crippen LogP contribution is -2.16. The number of aromatic nitrogens is 2. The highest BCUT2D eigenvalue weighted by Crippen LogP contribution is 2.37. The normalized spacial score (nSPS) is 12.5. The largest absolute Gasteiger partial charge is 0.461 e. The number of fused-ring (bicyclic) bond motifs is 1. The molecule has 0 spiro atoms. The maximum atomic E-state index is 12.4. The van der Waals surface area contributed by atoms with Crippen molar-refractivity contribution < 1.29 is 19.0 Å². The van der Waals surface area contributed by atoms with Crippen molar-refractivity contribution in [2.45, 2.75) is 38.3 Å². The van der Waals surface area contributed by atoms with Crippen LogP contribution in [0, 0.1) is 0 Å². The van der Waals surface area contributed by atoms with Crippen LogP contribution in [0.15, 0.2) is 17.2 Å². The number of esters is 1. The van der Waals surface area contributed by atoms with Gasteiger partial charge in [0.05, 0.1) is 13.2 Å². The number of imidazole rings is 1. The minimum atomic E-state index is -0.445. The third kappa shape index (κ3) is 3.57. The quantitative estimate of drug-likeness (QED) is 0.609. The number of aryl methyl sites for hydroxylation is 1. The molecule has 0 atom stereocenters. The van der Waals surface area contributed by atoms with Gasteiger partial charge in [-0.1, -0.05) is 18.5 Å². The average Bonchev–Trinajstić information content (AvgIpc) is 3.12. The van der Waals surface area contributed by atoms with Gasteiger partial charge in [0.2, 0.25) is 6.79 Å². The van der Waals surface area contributed by atoms with E-state index in [1.807, 2.05) is 10.6 Å². The molecule has 0 fully saturated rings. The number of nitrogens with zero attached hydrogens (tertiary/aromatic N) is 2. The molecule has 6 nitrogen and oxygen atoms in total. The topological polar surface area (TPSA) is 62.6 Å². The van der Waals surface area contributed by atoms with Crippen molar-refractivity contribution in [2.24, 2.45) is 0 Å². The lowest BCUT2D eigenvalue weighted by Gasteiger charge is -2.13. The Labute approximate surface area is 156 Å². The minimum absolute atomic E-state index is 0.177. The van der Waals surface area contributed by atoms with Crippen LogP contribution in [0.5, 0.6) is 11.5 Å². The third-order valence-corrected chi connectivity index (χ3v) is 4.50. The fourth-order valence-electron chi connectivity index (χ4n) is 2.72. The molecule has 1 aromatic heterocycles. The standard InChI is InChI=1S/C17H19ClN2O4S/c1-3-5-14-19-16(25)15(17(21)22-4-2)20(14)8-10-6-12-13(7-11(10)18)24-9-23-12/h6-7,25H,3-5,8-9H2,1-2H3. The molecule has 2 heterocycles. The number of carbonyl (C=O) groups is 1. The maximum Gasteiger partial charge on any atom is 0.357 e. The van der Waals surface area contributed by atoms with E-state index in [1.165, 1.54) is 0 Å². The molecule has 0 unspecified atom stereocenters.